The van der Waals surface area contributed by atoms with Gasteiger partial charge in [0.15, 0.2) is 5.17 Å². The van der Waals surface area contributed by atoms with Gasteiger partial charge in [0.2, 0.25) is 5.91 Å². The first-order valence-electron chi connectivity index (χ1n) is 10.4. The maximum absolute atomic E-state index is 12.4. The molecule has 2 aliphatic rings. The fourth-order valence-corrected chi connectivity index (χ4v) is 4.77. The number of nitrogens with one attached hydrogen (secondary N) is 2. The van der Waals surface area contributed by atoms with Gasteiger partial charge in [0, 0.05) is 42.3 Å². The van der Waals surface area contributed by atoms with E-state index in [4.69, 9.17) is 11.6 Å². The van der Waals surface area contributed by atoms with Crippen LogP contribution in [0.15, 0.2) is 53.5 Å². The predicted octanol–water partition coefficient (Wildman–Crippen LogP) is 3.69. The van der Waals surface area contributed by atoms with Gasteiger partial charge in [0.1, 0.15) is 5.25 Å². The maximum Gasteiger partial charge on any atom is 0.262 e. The molecule has 3 amide bonds. The number of carbonyl (C=O) groups is 3. The molecule has 2 N–H and O–H groups in total. The van der Waals surface area contributed by atoms with E-state index in [0.29, 0.717) is 22.8 Å². The monoisotopic (exact) mass is 470 g/mol. The minimum atomic E-state index is -0.483. The van der Waals surface area contributed by atoms with Gasteiger partial charge in [0.25, 0.3) is 11.8 Å². The lowest BCUT2D eigenvalue weighted by Gasteiger charge is -2.16. The molecule has 32 heavy (non-hydrogen) atoms. The summed E-state index contributed by atoms with van der Waals surface area (Å²) in [6, 6.07) is 13.9. The van der Waals surface area contributed by atoms with Gasteiger partial charge >= 0.3 is 0 Å². The smallest absolute Gasteiger partial charge is 0.262 e. The number of amidine groups is 1. The number of hydrogen-bond donors (Lipinski definition) is 2. The Hall–Kier alpha value is -2.84. The fraction of sp³-hybridized carbons (Fsp3) is 0.304. The Balaban J connectivity index is 1.25. The summed E-state index contributed by atoms with van der Waals surface area (Å²) in [6.07, 6.45) is 2.27. The second-order valence-corrected chi connectivity index (χ2v) is 9.28. The van der Waals surface area contributed by atoms with Gasteiger partial charge in [-0.3, -0.25) is 14.4 Å². The number of anilines is 1. The Labute approximate surface area is 195 Å². The summed E-state index contributed by atoms with van der Waals surface area (Å²) >= 11 is 7.24. The lowest BCUT2D eigenvalue weighted by atomic mass is 10.1. The van der Waals surface area contributed by atoms with E-state index in [1.54, 1.807) is 36.4 Å². The number of nitrogens with zero attached hydrogens (tertiary/aromatic N) is 2. The average molecular weight is 471 g/mol. The number of benzene rings is 2. The molecule has 1 fully saturated rings. The Bertz CT molecular complexity index is 1030. The number of hydrogen-bond acceptors (Lipinski definition) is 5. The minimum Gasteiger partial charge on any atom is -0.351 e. The van der Waals surface area contributed by atoms with E-state index in [9.17, 15) is 14.4 Å². The highest BCUT2D eigenvalue weighted by Gasteiger charge is 2.33. The number of aliphatic imine (C=N–C) groups is 1. The Morgan fingerprint density at radius 2 is 1.75 bits per heavy atom. The molecule has 0 radical (unpaired) electrons. The third kappa shape index (κ3) is 5.69. The van der Waals surface area contributed by atoms with Crippen molar-refractivity contribution in [2.75, 3.05) is 18.4 Å². The van der Waals surface area contributed by atoms with Crippen LogP contribution in [-0.4, -0.2) is 46.1 Å². The zero-order valence-corrected chi connectivity index (χ0v) is 18.9. The molecule has 0 bridgehead atoms. The molecule has 2 aromatic carbocycles. The second-order valence-electron chi connectivity index (χ2n) is 7.67. The van der Waals surface area contributed by atoms with Crippen LogP contribution in [-0.2, 0) is 16.1 Å². The van der Waals surface area contributed by atoms with Gasteiger partial charge in [-0.1, -0.05) is 35.5 Å². The normalized spacial score (nSPS) is 17.9. The highest BCUT2D eigenvalue weighted by Crippen LogP contribution is 2.29. The lowest BCUT2D eigenvalue weighted by molar-refractivity contribution is -0.121. The highest BCUT2D eigenvalue weighted by molar-refractivity contribution is 8.15. The second kappa shape index (κ2) is 10.2. The SMILES string of the molecule is O=C(C[C@H]1SC(N2CCCC2)=NC1=O)Nc1ccc(C(=O)NCc2ccc(Cl)cc2)cc1. The molecule has 0 unspecified atom stereocenters. The van der Waals surface area contributed by atoms with Crippen molar-refractivity contribution in [3.8, 4) is 0 Å². The Kier molecular flexibility index (Phi) is 7.12. The van der Waals surface area contributed by atoms with Gasteiger partial charge < -0.3 is 15.5 Å². The van der Waals surface area contributed by atoms with E-state index in [0.717, 1.165) is 36.7 Å². The van der Waals surface area contributed by atoms with Crippen LogP contribution in [0.3, 0.4) is 0 Å². The topological polar surface area (TPSA) is 90.9 Å². The molecule has 2 aromatic rings. The van der Waals surface area contributed by atoms with Crippen LogP contribution in [0.2, 0.25) is 5.02 Å². The number of thioether (sulfide) groups is 1. The predicted molar refractivity (Wildman–Crippen MR) is 127 cm³/mol. The quantitative estimate of drug-likeness (QED) is 0.671. The highest BCUT2D eigenvalue weighted by atomic mass is 35.5. The summed E-state index contributed by atoms with van der Waals surface area (Å²) < 4.78 is 0. The molecule has 166 valence electrons. The number of rotatable bonds is 6. The van der Waals surface area contributed by atoms with Crippen LogP contribution in [0, 0.1) is 0 Å². The Morgan fingerprint density at radius 3 is 2.44 bits per heavy atom. The molecule has 7 nitrogen and oxygen atoms in total. The summed E-state index contributed by atoms with van der Waals surface area (Å²) in [7, 11) is 0. The molecule has 1 saturated heterocycles. The van der Waals surface area contributed by atoms with Crippen molar-refractivity contribution < 1.29 is 14.4 Å². The minimum absolute atomic E-state index is 0.0632. The van der Waals surface area contributed by atoms with Crippen LogP contribution in [0.25, 0.3) is 0 Å². The molecule has 0 saturated carbocycles. The van der Waals surface area contributed by atoms with Gasteiger partial charge in [-0.25, -0.2) is 0 Å². The fourth-order valence-electron chi connectivity index (χ4n) is 3.52. The zero-order chi connectivity index (χ0) is 22.5. The molecular formula is C23H23ClN4O3S. The number of likely N-dealkylation sites (tertiary alicyclic amines) is 1. The summed E-state index contributed by atoms with van der Waals surface area (Å²) in [6.45, 7) is 2.22. The molecule has 0 spiro atoms. The first-order valence-corrected chi connectivity index (χ1v) is 11.7. The van der Waals surface area contributed by atoms with Gasteiger partial charge in [-0.15, -0.1) is 0 Å². The molecule has 1 atom stereocenters. The lowest BCUT2D eigenvalue weighted by Crippen LogP contribution is -2.25. The van der Waals surface area contributed by atoms with Crippen molar-refractivity contribution in [1.82, 2.24) is 10.2 Å². The van der Waals surface area contributed by atoms with E-state index in [2.05, 4.69) is 20.5 Å². The van der Waals surface area contributed by atoms with E-state index < -0.39 is 5.25 Å². The van der Waals surface area contributed by atoms with Gasteiger partial charge in [0.05, 0.1) is 0 Å². The molecular weight excluding hydrogens is 448 g/mol. The van der Waals surface area contributed by atoms with Crippen LogP contribution < -0.4 is 10.6 Å². The largest absolute Gasteiger partial charge is 0.351 e. The molecule has 9 heteroatoms. The van der Waals surface area contributed by atoms with Crippen LogP contribution in [0.5, 0.6) is 0 Å². The van der Waals surface area contributed by atoms with Crippen LogP contribution in [0.1, 0.15) is 35.2 Å². The van der Waals surface area contributed by atoms with Crippen LogP contribution in [0.4, 0.5) is 5.69 Å². The number of carbonyl (C=O) groups excluding carboxylic acids is 3. The van der Waals surface area contributed by atoms with E-state index in [1.165, 1.54) is 11.8 Å². The van der Waals surface area contributed by atoms with E-state index >= 15 is 0 Å². The molecule has 0 aliphatic carbocycles. The van der Waals surface area contributed by atoms with Crippen molar-refractivity contribution in [2.45, 2.75) is 31.1 Å². The molecule has 2 heterocycles. The average Bonchev–Trinajstić information content (AvgIpc) is 3.44. The zero-order valence-electron chi connectivity index (χ0n) is 17.3. The molecule has 4 rings (SSSR count). The first kappa shape index (κ1) is 22.4. The van der Waals surface area contributed by atoms with Crippen molar-refractivity contribution in [1.29, 1.82) is 0 Å². The standard InChI is InChI=1S/C23H23ClN4O3S/c24-17-7-3-15(4-8-17)14-25-21(30)16-5-9-18(10-6-16)26-20(29)13-19-22(31)27-23(32-19)28-11-1-2-12-28/h3-10,19H,1-2,11-14H2,(H,25,30)(H,26,29)/t19-/m1/s1. The van der Waals surface area contributed by atoms with Gasteiger partial charge in [-0.2, -0.15) is 4.99 Å². The van der Waals surface area contributed by atoms with Crippen molar-refractivity contribution in [3.05, 3.63) is 64.7 Å². The third-order valence-corrected chi connectivity index (χ3v) is 6.74. The number of halogens is 1. The van der Waals surface area contributed by atoms with Crippen molar-refractivity contribution in [3.63, 3.8) is 0 Å². The Morgan fingerprint density at radius 1 is 1.06 bits per heavy atom. The van der Waals surface area contributed by atoms with E-state index in [-0.39, 0.29) is 24.1 Å². The van der Waals surface area contributed by atoms with E-state index in [1.807, 2.05) is 12.1 Å². The molecule has 2 aliphatic heterocycles. The summed E-state index contributed by atoms with van der Waals surface area (Å²) in [5, 5.41) is 6.54. The summed E-state index contributed by atoms with van der Waals surface area (Å²) in [4.78, 5) is 43.2. The van der Waals surface area contributed by atoms with Crippen molar-refractivity contribution >= 4 is 51.9 Å². The third-order valence-electron chi connectivity index (χ3n) is 5.27. The maximum atomic E-state index is 12.4. The van der Waals surface area contributed by atoms with Gasteiger partial charge in [-0.05, 0) is 54.8 Å². The van der Waals surface area contributed by atoms with Crippen LogP contribution >= 0.6 is 23.4 Å². The summed E-state index contributed by atoms with van der Waals surface area (Å²) in [5.41, 5.74) is 2.00. The summed E-state index contributed by atoms with van der Waals surface area (Å²) in [5.74, 6) is -0.717. The van der Waals surface area contributed by atoms with Crippen molar-refractivity contribution in [2.24, 2.45) is 4.99 Å². The molecule has 0 aromatic heterocycles. The first-order chi connectivity index (χ1) is 15.5. The number of amides is 3.